The van der Waals surface area contributed by atoms with E-state index in [-0.39, 0.29) is 5.91 Å². The summed E-state index contributed by atoms with van der Waals surface area (Å²) in [6.45, 7) is 4.80. The molecule has 1 N–H and O–H groups in total. The van der Waals surface area contributed by atoms with Crippen molar-refractivity contribution in [3.63, 3.8) is 0 Å². The van der Waals surface area contributed by atoms with Crippen molar-refractivity contribution in [3.05, 3.63) is 54.6 Å². The lowest BCUT2D eigenvalue weighted by Gasteiger charge is -2.35. The minimum Gasteiger partial charge on any atom is -0.497 e. The number of methoxy groups -OCH3 is 1. The molecule has 0 bridgehead atoms. The van der Waals surface area contributed by atoms with Crippen LogP contribution in [0.25, 0.3) is 0 Å². The van der Waals surface area contributed by atoms with Crippen LogP contribution < -0.4 is 15.0 Å². The summed E-state index contributed by atoms with van der Waals surface area (Å²) in [5, 5.41) is 3.03. The van der Waals surface area contributed by atoms with E-state index in [2.05, 4.69) is 39.4 Å². The van der Waals surface area contributed by atoms with Gasteiger partial charge in [0.05, 0.1) is 13.7 Å². The fourth-order valence-electron chi connectivity index (χ4n) is 3.11. The van der Waals surface area contributed by atoms with Gasteiger partial charge in [-0.1, -0.05) is 24.3 Å². The summed E-state index contributed by atoms with van der Waals surface area (Å²) in [6, 6.07) is 18.4. The third-order valence-electron chi connectivity index (χ3n) is 4.59. The number of hydrogen-bond donors (Lipinski definition) is 1. The van der Waals surface area contributed by atoms with Crippen molar-refractivity contribution in [1.29, 1.82) is 0 Å². The molecule has 0 aromatic heterocycles. The molecule has 0 unspecified atom stereocenters. The Kier molecular flexibility index (Phi) is 7.42. The lowest BCUT2D eigenvalue weighted by molar-refractivity contribution is -0.122. The Morgan fingerprint density at radius 1 is 1.07 bits per heavy atom. The van der Waals surface area contributed by atoms with Gasteiger partial charge < -0.3 is 15.0 Å². The smallest absolute Gasteiger partial charge is 0.234 e. The summed E-state index contributed by atoms with van der Waals surface area (Å²) in [4.78, 5) is 18.0. The van der Waals surface area contributed by atoms with Crippen molar-refractivity contribution in [2.45, 2.75) is 4.90 Å². The number of nitrogens with zero attached hydrogens (tertiary/aromatic N) is 2. The number of hydrogen-bond acceptors (Lipinski definition) is 5. The standard InChI is InChI=1S/C21H27N3O2S/c1-26-19-7-5-6-18(16-19)24-13-11-23(12-14-24)17-21(25)22-10-15-27-20-8-3-2-4-9-20/h2-9,16H,10-15,17H2,1H3,(H,22,25). The first-order valence-electron chi connectivity index (χ1n) is 9.30. The molecule has 27 heavy (non-hydrogen) atoms. The lowest BCUT2D eigenvalue weighted by Crippen LogP contribution is -2.49. The number of amides is 1. The highest BCUT2D eigenvalue weighted by molar-refractivity contribution is 7.99. The van der Waals surface area contributed by atoms with Crippen molar-refractivity contribution in [2.75, 3.05) is 57.0 Å². The highest BCUT2D eigenvalue weighted by atomic mass is 32.2. The van der Waals surface area contributed by atoms with Crippen LogP contribution in [-0.4, -0.2) is 62.9 Å². The zero-order valence-corrected chi connectivity index (χ0v) is 16.6. The molecule has 0 saturated carbocycles. The molecule has 3 rings (SSSR count). The normalized spacial score (nSPS) is 14.8. The minimum atomic E-state index is 0.110. The van der Waals surface area contributed by atoms with E-state index in [0.717, 1.165) is 37.7 Å². The highest BCUT2D eigenvalue weighted by Crippen LogP contribution is 2.22. The van der Waals surface area contributed by atoms with Crippen molar-refractivity contribution < 1.29 is 9.53 Å². The van der Waals surface area contributed by atoms with Crippen LogP contribution in [0.5, 0.6) is 5.75 Å². The third kappa shape index (κ3) is 6.19. The molecule has 1 aliphatic rings. The maximum absolute atomic E-state index is 12.2. The fraction of sp³-hybridized carbons (Fsp3) is 0.381. The summed E-state index contributed by atoms with van der Waals surface area (Å²) in [7, 11) is 1.69. The number of carbonyl (C=O) groups is 1. The van der Waals surface area contributed by atoms with Crippen molar-refractivity contribution in [1.82, 2.24) is 10.2 Å². The molecule has 0 aliphatic carbocycles. The molecular formula is C21H27N3O2S. The van der Waals surface area contributed by atoms with Crippen LogP contribution in [-0.2, 0) is 4.79 Å². The van der Waals surface area contributed by atoms with Crippen LogP contribution in [0.3, 0.4) is 0 Å². The van der Waals surface area contributed by atoms with E-state index in [0.29, 0.717) is 13.1 Å². The summed E-state index contributed by atoms with van der Waals surface area (Å²) >= 11 is 1.76. The maximum Gasteiger partial charge on any atom is 0.234 e. The number of ether oxygens (including phenoxy) is 1. The molecule has 5 nitrogen and oxygen atoms in total. The average Bonchev–Trinajstić information content (AvgIpc) is 2.72. The van der Waals surface area contributed by atoms with Crippen molar-refractivity contribution >= 4 is 23.4 Å². The maximum atomic E-state index is 12.2. The second-order valence-electron chi connectivity index (χ2n) is 6.48. The number of thioether (sulfide) groups is 1. The van der Waals surface area contributed by atoms with Crippen LogP contribution >= 0.6 is 11.8 Å². The van der Waals surface area contributed by atoms with Gasteiger partial charge in [-0.25, -0.2) is 0 Å². The van der Waals surface area contributed by atoms with Gasteiger partial charge in [0.2, 0.25) is 5.91 Å². The van der Waals surface area contributed by atoms with E-state index in [4.69, 9.17) is 4.74 Å². The molecule has 1 saturated heterocycles. The number of carbonyl (C=O) groups excluding carboxylic acids is 1. The fourth-order valence-corrected chi connectivity index (χ4v) is 3.90. The number of rotatable bonds is 8. The molecule has 1 fully saturated rings. The zero-order chi connectivity index (χ0) is 18.9. The molecule has 0 spiro atoms. The van der Waals surface area contributed by atoms with Gasteiger partial charge in [0.25, 0.3) is 0 Å². The SMILES string of the molecule is COc1cccc(N2CCN(CC(=O)NCCSc3ccccc3)CC2)c1. The molecule has 1 aliphatic heterocycles. The van der Waals surface area contributed by atoms with Gasteiger partial charge in [0.1, 0.15) is 5.75 Å². The third-order valence-corrected chi connectivity index (χ3v) is 5.61. The molecule has 144 valence electrons. The molecule has 0 atom stereocenters. The molecule has 1 amide bonds. The van der Waals surface area contributed by atoms with Gasteiger partial charge in [0.15, 0.2) is 0 Å². The Morgan fingerprint density at radius 2 is 1.85 bits per heavy atom. The molecule has 1 heterocycles. The van der Waals surface area contributed by atoms with Crippen molar-refractivity contribution in [2.24, 2.45) is 0 Å². The Hall–Kier alpha value is -2.18. The Morgan fingerprint density at radius 3 is 2.59 bits per heavy atom. The Bertz CT molecular complexity index is 718. The Labute approximate surface area is 165 Å². The second kappa shape index (κ2) is 10.2. The van der Waals surface area contributed by atoms with E-state index in [1.54, 1.807) is 18.9 Å². The van der Waals surface area contributed by atoms with Gasteiger partial charge in [-0.2, -0.15) is 0 Å². The number of piperazine rings is 1. The van der Waals surface area contributed by atoms with Gasteiger partial charge in [-0.05, 0) is 24.3 Å². The van der Waals surface area contributed by atoms with Crippen molar-refractivity contribution in [3.8, 4) is 5.75 Å². The first-order chi connectivity index (χ1) is 13.2. The van der Waals surface area contributed by atoms with Gasteiger partial charge in [-0.15, -0.1) is 11.8 Å². The van der Waals surface area contributed by atoms with Crippen LogP contribution in [0.1, 0.15) is 0 Å². The molecule has 2 aromatic carbocycles. The van der Waals surface area contributed by atoms with E-state index < -0.39 is 0 Å². The van der Waals surface area contributed by atoms with Crippen LogP contribution in [0.15, 0.2) is 59.5 Å². The van der Waals surface area contributed by atoms with E-state index in [1.165, 1.54) is 10.6 Å². The summed E-state index contributed by atoms with van der Waals surface area (Å²) in [6.07, 6.45) is 0. The molecule has 0 radical (unpaired) electrons. The van der Waals surface area contributed by atoms with Gasteiger partial charge >= 0.3 is 0 Å². The minimum absolute atomic E-state index is 0.110. The summed E-state index contributed by atoms with van der Waals surface area (Å²) < 4.78 is 5.30. The monoisotopic (exact) mass is 385 g/mol. The zero-order valence-electron chi connectivity index (χ0n) is 15.8. The summed E-state index contributed by atoms with van der Waals surface area (Å²) in [5.74, 6) is 1.88. The average molecular weight is 386 g/mol. The first kappa shape index (κ1) is 19.6. The van der Waals surface area contributed by atoms with Gasteiger partial charge in [0, 0.05) is 55.1 Å². The number of anilines is 1. The van der Waals surface area contributed by atoms with Crippen LogP contribution in [0, 0.1) is 0 Å². The second-order valence-corrected chi connectivity index (χ2v) is 7.64. The topological polar surface area (TPSA) is 44.8 Å². The molecule has 6 heteroatoms. The van der Waals surface area contributed by atoms with Crippen LogP contribution in [0.4, 0.5) is 5.69 Å². The summed E-state index contributed by atoms with van der Waals surface area (Å²) in [5.41, 5.74) is 1.18. The lowest BCUT2D eigenvalue weighted by atomic mass is 10.2. The predicted octanol–water partition coefficient (Wildman–Crippen LogP) is 2.73. The first-order valence-corrected chi connectivity index (χ1v) is 10.3. The van der Waals surface area contributed by atoms with E-state index >= 15 is 0 Å². The number of benzene rings is 2. The quantitative estimate of drug-likeness (QED) is 0.559. The predicted molar refractivity (Wildman–Crippen MR) is 112 cm³/mol. The molecule has 2 aromatic rings. The number of nitrogens with one attached hydrogen (secondary N) is 1. The van der Waals surface area contributed by atoms with E-state index in [1.807, 2.05) is 30.3 Å². The van der Waals surface area contributed by atoms with E-state index in [9.17, 15) is 4.79 Å². The largest absolute Gasteiger partial charge is 0.497 e. The van der Waals surface area contributed by atoms with Crippen LogP contribution in [0.2, 0.25) is 0 Å². The highest BCUT2D eigenvalue weighted by Gasteiger charge is 2.19. The van der Waals surface area contributed by atoms with Gasteiger partial charge in [-0.3, -0.25) is 9.69 Å². The molecular weight excluding hydrogens is 358 g/mol. The Balaban J connectivity index is 1.34.